The first kappa shape index (κ1) is 19.6. The van der Waals surface area contributed by atoms with Gasteiger partial charge in [0.2, 0.25) is 5.91 Å². The van der Waals surface area contributed by atoms with Crippen molar-refractivity contribution in [2.45, 2.75) is 26.5 Å². The van der Waals surface area contributed by atoms with Crippen molar-refractivity contribution in [3.8, 4) is 16.9 Å². The summed E-state index contributed by atoms with van der Waals surface area (Å²) >= 11 is 0. The van der Waals surface area contributed by atoms with E-state index in [2.05, 4.69) is 4.74 Å². The molecule has 8 heteroatoms. The van der Waals surface area contributed by atoms with Gasteiger partial charge in [-0.1, -0.05) is 25.1 Å². The number of aromatic nitrogens is 1. The minimum Gasteiger partial charge on any atom is -0.435 e. The van der Waals surface area contributed by atoms with Crippen molar-refractivity contribution in [1.29, 1.82) is 0 Å². The number of carbonyl (C=O) groups is 1. The maximum absolute atomic E-state index is 12.3. The van der Waals surface area contributed by atoms with Crippen LogP contribution in [0.15, 0.2) is 51.7 Å². The zero-order chi connectivity index (χ0) is 20.3. The number of fused-ring (bicyclic) bond motifs is 1. The molecule has 0 N–H and O–H groups in total. The number of ether oxygens (including phenoxy) is 1. The number of benzene rings is 2. The Balaban J connectivity index is 1.92. The van der Waals surface area contributed by atoms with Crippen LogP contribution < -0.4 is 10.5 Å². The van der Waals surface area contributed by atoms with Crippen LogP contribution in [0, 0.1) is 0 Å². The molecule has 0 aliphatic rings. The third kappa shape index (κ3) is 4.21. The van der Waals surface area contributed by atoms with Crippen molar-refractivity contribution in [1.82, 2.24) is 9.47 Å². The minimum atomic E-state index is -2.88. The SMILES string of the molecule is CCCN(C)C(=O)Cn1c(=O)oc2ccc(-c3ccc(OC(F)F)cc3)cc21. The second kappa shape index (κ2) is 8.24. The van der Waals surface area contributed by atoms with Gasteiger partial charge in [0.25, 0.3) is 0 Å². The van der Waals surface area contributed by atoms with Crippen molar-refractivity contribution < 1.29 is 22.7 Å². The number of nitrogens with zero attached hydrogens (tertiary/aromatic N) is 2. The summed E-state index contributed by atoms with van der Waals surface area (Å²) in [5.41, 5.74) is 2.36. The van der Waals surface area contributed by atoms with E-state index in [0.29, 0.717) is 17.6 Å². The molecule has 6 nitrogen and oxygen atoms in total. The van der Waals surface area contributed by atoms with Gasteiger partial charge in [-0.15, -0.1) is 0 Å². The zero-order valence-corrected chi connectivity index (χ0v) is 15.5. The summed E-state index contributed by atoms with van der Waals surface area (Å²) in [5, 5.41) is 0. The van der Waals surface area contributed by atoms with E-state index >= 15 is 0 Å². The predicted octanol–water partition coefficient (Wildman–Crippen LogP) is 3.73. The molecule has 0 bridgehead atoms. The number of hydrogen-bond donors (Lipinski definition) is 0. The Morgan fingerprint density at radius 1 is 1.18 bits per heavy atom. The highest BCUT2D eigenvalue weighted by molar-refractivity contribution is 5.83. The quantitative estimate of drug-likeness (QED) is 0.617. The molecule has 1 heterocycles. The van der Waals surface area contributed by atoms with Crippen molar-refractivity contribution in [2.75, 3.05) is 13.6 Å². The molecule has 0 saturated heterocycles. The van der Waals surface area contributed by atoms with Gasteiger partial charge in [-0.2, -0.15) is 8.78 Å². The average molecular weight is 390 g/mol. The highest BCUT2D eigenvalue weighted by Gasteiger charge is 2.16. The molecule has 0 fully saturated rings. The Labute approximate surface area is 159 Å². The molecule has 0 saturated carbocycles. The summed E-state index contributed by atoms with van der Waals surface area (Å²) in [4.78, 5) is 26.1. The minimum absolute atomic E-state index is 0.0598. The molecule has 0 unspecified atom stereocenters. The van der Waals surface area contributed by atoms with Crippen LogP contribution in [0.3, 0.4) is 0 Å². The fraction of sp³-hybridized carbons (Fsp3) is 0.300. The summed E-state index contributed by atoms with van der Waals surface area (Å²) in [6, 6.07) is 11.3. The maximum atomic E-state index is 12.3. The van der Waals surface area contributed by atoms with Gasteiger partial charge in [0.15, 0.2) is 5.58 Å². The molecule has 148 valence electrons. The summed E-state index contributed by atoms with van der Waals surface area (Å²) < 4.78 is 35.4. The molecule has 0 spiro atoms. The highest BCUT2D eigenvalue weighted by atomic mass is 19.3. The van der Waals surface area contributed by atoms with Gasteiger partial charge in [-0.05, 0) is 41.8 Å². The van der Waals surface area contributed by atoms with Crippen molar-refractivity contribution in [3.63, 3.8) is 0 Å². The fourth-order valence-electron chi connectivity index (χ4n) is 2.94. The van der Waals surface area contributed by atoms with Crippen LogP contribution >= 0.6 is 0 Å². The lowest BCUT2D eigenvalue weighted by molar-refractivity contribution is -0.130. The summed E-state index contributed by atoms with van der Waals surface area (Å²) in [5.74, 6) is -0.735. The van der Waals surface area contributed by atoms with E-state index in [1.807, 2.05) is 6.92 Å². The van der Waals surface area contributed by atoms with E-state index < -0.39 is 12.4 Å². The molecule has 3 aromatic rings. The molecule has 3 rings (SSSR count). The van der Waals surface area contributed by atoms with Gasteiger partial charge in [-0.3, -0.25) is 9.36 Å². The van der Waals surface area contributed by atoms with E-state index in [1.54, 1.807) is 42.3 Å². The van der Waals surface area contributed by atoms with E-state index in [4.69, 9.17) is 4.42 Å². The Morgan fingerprint density at radius 2 is 1.86 bits per heavy atom. The lowest BCUT2D eigenvalue weighted by Crippen LogP contribution is -2.33. The molecule has 0 aliphatic carbocycles. The Kier molecular flexibility index (Phi) is 5.77. The average Bonchev–Trinajstić information content (AvgIpc) is 2.96. The summed E-state index contributed by atoms with van der Waals surface area (Å²) in [6.45, 7) is -0.437. The van der Waals surface area contributed by atoms with Crippen LogP contribution in [-0.2, 0) is 11.3 Å². The lowest BCUT2D eigenvalue weighted by Gasteiger charge is -2.16. The number of halogens is 2. The Hall–Kier alpha value is -3.16. The largest absolute Gasteiger partial charge is 0.435 e. The first-order valence-electron chi connectivity index (χ1n) is 8.81. The molecule has 2 aromatic carbocycles. The van der Waals surface area contributed by atoms with Gasteiger partial charge in [-0.25, -0.2) is 4.79 Å². The number of alkyl halides is 2. The van der Waals surface area contributed by atoms with E-state index in [0.717, 1.165) is 17.5 Å². The summed E-state index contributed by atoms with van der Waals surface area (Å²) in [7, 11) is 1.69. The van der Waals surface area contributed by atoms with Crippen LogP contribution in [0.5, 0.6) is 5.75 Å². The third-order valence-electron chi connectivity index (χ3n) is 4.36. The molecule has 0 atom stereocenters. The number of likely N-dealkylation sites (N-methyl/N-ethyl adjacent to an activating group) is 1. The molecule has 28 heavy (non-hydrogen) atoms. The van der Waals surface area contributed by atoms with E-state index in [-0.39, 0.29) is 18.2 Å². The molecule has 1 amide bonds. The fourth-order valence-corrected chi connectivity index (χ4v) is 2.94. The molecule has 1 aromatic heterocycles. The number of hydrogen-bond acceptors (Lipinski definition) is 4. The summed E-state index contributed by atoms with van der Waals surface area (Å²) in [6.07, 6.45) is 0.818. The zero-order valence-electron chi connectivity index (χ0n) is 15.5. The molecular weight excluding hydrogens is 370 g/mol. The number of rotatable bonds is 7. The normalized spacial score (nSPS) is 11.2. The van der Waals surface area contributed by atoms with Crippen LogP contribution in [0.25, 0.3) is 22.2 Å². The van der Waals surface area contributed by atoms with Crippen molar-refractivity contribution in [2.24, 2.45) is 0 Å². The van der Waals surface area contributed by atoms with Crippen LogP contribution in [0.2, 0.25) is 0 Å². The maximum Gasteiger partial charge on any atom is 0.420 e. The number of carbonyl (C=O) groups excluding carboxylic acids is 1. The molecular formula is C20H20F2N2O4. The topological polar surface area (TPSA) is 64.7 Å². The molecule has 0 aliphatic heterocycles. The lowest BCUT2D eigenvalue weighted by atomic mass is 10.1. The first-order valence-corrected chi connectivity index (χ1v) is 8.81. The van der Waals surface area contributed by atoms with Crippen LogP contribution in [0.1, 0.15) is 13.3 Å². The highest BCUT2D eigenvalue weighted by Crippen LogP contribution is 2.26. The van der Waals surface area contributed by atoms with Crippen molar-refractivity contribution >= 4 is 17.0 Å². The predicted molar refractivity (Wildman–Crippen MR) is 100 cm³/mol. The first-order chi connectivity index (χ1) is 13.4. The van der Waals surface area contributed by atoms with Gasteiger partial charge in [0.1, 0.15) is 12.3 Å². The smallest absolute Gasteiger partial charge is 0.420 e. The second-order valence-electron chi connectivity index (χ2n) is 6.35. The van der Waals surface area contributed by atoms with Gasteiger partial charge in [0.05, 0.1) is 5.52 Å². The molecule has 0 radical (unpaired) electrons. The third-order valence-corrected chi connectivity index (χ3v) is 4.36. The van der Waals surface area contributed by atoms with Gasteiger partial charge in [0, 0.05) is 13.6 Å². The van der Waals surface area contributed by atoms with E-state index in [9.17, 15) is 18.4 Å². The second-order valence-corrected chi connectivity index (χ2v) is 6.35. The standard InChI is InChI=1S/C20H20F2N2O4/c1-3-10-23(2)18(25)12-24-16-11-14(6-9-17(16)28-20(24)26)13-4-7-15(8-5-13)27-19(21)22/h4-9,11,19H,3,10,12H2,1-2H3. The number of amides is 1. The Morgan fingerprint density at radius 3 is 2.50 bits per heavy atom. The van der Waals surface area contributed by atoms with E-state index in [1.165, 1.54) is 16.7 Å². The van der Waals surface area contributed by atoms with Gasteiger partial charge >= 0.3 is 12.4 Å². The number of oxazole rings is 1. The van der Waals surface area contributed by atoms with Crippen LogP contribution in [-0.4, -0.2) is 35.6 Å². The van der Waals surface area contributed by atoms with Crippen LogP contribution in [0.4, 0.5) is 8.78 Å². The van der Waals surface area contributed by atoms with Crippen molar-refractivity contribution in [3.05, 3.63) is 53.0 Å². The Bertz CT molecular complexity index is 1020. The monoisotopic (exact) mass is 390 g/mol. The van der Waals surface area contributed by atoms with Gasteiger partial charge < -0.3 is 14.1 Å².